The summed E-state index contributed by atoms with van der Waals surface area (Å²) in [5.74, 6) is 1.02. The zero-order chi connectivity index (χ0) is 14.2. The summed E-state index contributed by atoms with van der Waals surface area (Å²) < 4.78 is 1.20. The fourth-order valence-corrected chi connectivity index (χ4v) is 4.73. The first-order valence-electron chi connectivity index (χ1n) is 8.00. The minimum atomic E-state index is 0.533. The molecule has 112 valence electrons. The van der Waals surface area contributed by atoms with E-state index < -0.39 is 0 Å². The molecular formula is C16H22N4S. The van der Waals surface area contributed by atoms with Crippen LogP contribution in [0.4, 0.5) is 5.82 Å². The van der Waals surface area contributed by atoms with Gasteiger partial charge in [0.15, 0.2) is 0 Å². The maximum atomic E-state index is 4.48. The van der Waals surface area contributed by atoms with Crippen LogP contribution >= 0.6 is 11.3 Å². The summed E-state index contributed by atoms with van der Waals surface area (Å²) in [6, 6.07) is 1.37. The van der Waals surface area contributed by atoms with Gasteiger partial charge >= 0.3 is 0 Å². The fourth-order valence-electron chi connectivity index (χ4n) is 3.77. The first kappa shape index (κ1) is 13.5. The van der Waals surface area contributed by atoms with Crippen LogP contribution in [0.5, 0.6) is 0 Å². The SMILES string of the molecule is Cc1csc2c(N[C@H]3CCN(C4CCCC4)C3)ncnc12. The molecule has 1 N–H and O–H groups in total. The lowest BCUT2D eigenvalue weighted by Gasteiger charge is -2.23. The van der Waals surface area contributed by atoms with Crippen molar-refractivity contribution < 1.29 is 0 Å². The van der Waals surface area contributed by atoms with E-state index in [1.165, 1.54) is 55.5 Å². The zero-order valence-electron chi connectivity index (χ0n) is 12.5. The highest BCUT2D eigenvalue weighted by Gasteiger charge is 2.30. The van der Waals surface area contributed by atoms with E-state index in [2.05, 4.69) is 32.5 Å². The number of likely N-dealkylation sites (tertiary alicyclic amines) is 1. The molecule has 0 aromatic carbocycles. The Morgan fingerprint density at radius 2 is 2.10 bits per heavy atom. The molecule has 0 unspecified atom stereocenters. The molecule has 1 atom stereocenters. The number of hydrogen-bond donors (Lipinski definition) is 1. The standard InChI is InChI=1S/C16H22N4S/c1-11-9-21-15-14(11)17-10-18-16(15)19-12-6-7-20(8-12)13-4-2-3-5-13/h9-10,12-13H,2-8H2,1H3,(H,17,18,19)/t12-/m0/s1. The highest BCUT2D eigenvalue weighted by molar-refractivity contribution is 7.18. The number of hydrogen-bond acceptors (Lipinski definition) is 5. The smallest absolute Gasteiger partial charge is 0.147 e. The Morgan fingerprint density at radius 3 is 2.95 bits per heavy atom. The van der Waals surface area contributed by atoms with Crippen molar-refractivity contribution in [2.45, 2.75) is 51.1 Å². The molecule has 0 radical (unpaired) electrons. The van der Waals surface area contributed by atoms with Crippen LogP contribution in [-0.2, 0) is 0 Å². The van der Waals surface area contributed by atoms with E-state index in [9.17, 15) is 0 Å². The molecule has 1 aliphatic carbocycles. The van der Waals surface area contributed by atoms with Crippen LogP contribution in [0, 0.1) is 6.92 Å². The van der Waals surface area contributed by atoms with E-state index in [4.69, 9.17) is 0 Å². The Morgan fingerprint density at radius 1 is 1.24 bits per heavy atom. The number of nitrogens with zero attached hydrogens (tertiary/aromatic N) is 3. The first-order valence-corrected chi connectivity index (χ1v) is 8.88. The molecule has 2 aromatic rings. The molecule has 0 amide bonds. The second kappa shape index (κ2) is 5.54. The predicted molar refractivity (Wildman–Crippen MR) is 88.0 cm³/mol. The summed E-state index contributed by atoms with van der Waals surface area (Å²) in [7, 11) is 0. The van der Waals surface area contributed by atoms with Crippen LogP contribution in [0.15, 0.2) is 11.7 Å². The van der Waals surface area contributed by atoms with Crippen LogP contribution in [0.1, 0.15) is 37.7 Å². The summed E-state index contributed by atoms with van der Waals surface area (Å²) in [5.41, 5.74) is 2.35. The molecule has 1 saturated carbocycles. The number of fused-ring (bicyclic) bond motifs is 1. The van der Waals surface area contributed by atoms with Gasteiger partial charge in [-0.25, -0.2) is 9.97 Å². The molecule has 1 aliphatic heterocycles. The molecule has 2 fully saturated rings. The molecule has 0 bridgehead atoms. The molecule has 0 spiro atoms. The predicted octanol–water partition coefficient (Wildman–Crippen LogP) is 3.43. The van der Waals surface area contributed by atoms with Crippen LogP contribution in [0.2, 0.25) is 0 Å². The Balaban J connectivity index is 1.48. The summed E-state index contributed by atoms with van der Waals surface area (Å²) in [6.45, 7) is 4.52. The van der Waals surface area contributed by atoms with Gasteiger partial charge in [0.2, 0.25) is 0 Å². The summed E-state index contributed by atoms with van der Waals surface area (Å²) in [4.78, 5) is 11.6. The largest absolute Gasteiger partial charge is 0.365 e. The lowest BCUT2D eigenvalue weighted by Crippen LogP contribution is -2.33. The second-order valence-electron chi connectivity index (χ2n) is 6.38. The van der Waals surface area contributed by atoms with Gasteiger partial charge in [-0.2, -0.15) is 0 Å². The number of nitrogens with one attached hydrogen (secondary N) is 1. The normalized spacial score (nSPS) is 24.1. The van der Waals surface area contributed by atoms with E-state index in [1.807, 2.05) is 0 Å². The highest BCUT2D eigenvalue weighted by atomic mass is 32.1. The molecule has 5 heteroatoms. The van der Waals surface area contributed by atoms with Crippen molar-refractivity contribution in [1.29, 1.82) is 0 Å². The first-order chi connectivity index (χ1) is 10.3. The van der Waals surface area contributed by atoms with Gasteiger partial charge in [0.05, 0.1) is 10.2 Å². The van der Waals surface area contributed by atoms with Gasteiger partial charge in [-0.15, -0.1) is 11.3 Å². The van der Waals surface area contributed by atoms with E-state index in [-0.39, 0.29) is 0 Å². The van der Waals surface area contributed by atoms with Gasteiger partial charge in [0.25, 0.3) is 0 Å². The van der Waals surface area contributed by atoms with Crippen molar-refractivity contribution >= 4 is 27.4 Å². The third-order valence-corrected chi connectivity index (χ3v) is 6.03. The van der Waals surface area contributed by atoms with E-state index in [0.717, 1.165) is 17.4 Å². The van der Waals surface area contributed by atoms with E-state index >= 15 is 0 Å². The van der Waals surface area contributed by atoms with Crippen molar-refractivity contribution in [1.82, 2.24) is 14.9 Å². The van der Waals surface area contributed by atoms with Crippen LogP contribution in [0.3, 0.4) is 0 Å². The third-order valence-electron chi connectivity index (χ3n) is 4.93. The molecule has 21 heavy (non-hydrogen) atoms. The van der Waals surface area contributed by atoms with Crippen LogP contribution in [0.25, 0.3) is 10.2 Å². The fraction of sp³-hybridized carbons (Fsp3) is 0.625. The quantitative estimate of drug-likeness (QED) is 0.943. The molecule has 3 heterocycles. The highest BCUT2D eigenvalue weighted by Crippen LogP contribution is 2.31. The topological polar surface area (TPSA) is 41.0 Å². The van der Waals surface area contributed by atoms with Gasteiger partial charge in [0, 0.05) is 25.2 Å². The van der Waals surface area contributed by atoms with Gasteiger partial charge in [0.1, 0.15) is 12.1 Å². The zero-order valence-corrected chi connectivity index (χ0v) is 13.3. The van der Waals surface area contributed by atoms with Gasteiger partial charge < -0.3 is 5.32 Å². The summed E-state index contributed by atoms with van der Waals surface area (Å²) >= 11 is 1.75. The van der Waals surface area contributed by atoms with Crippen LogP contribution < -0.4 is 5.32 Å². The molecule has 1 saturated heterocycles. The minimum Gasteiger partial charge on any atom is -0.365 e. The van der Waals surface area contributed by atoms with Crippen molar-refractivity contribution in [3.05, 3.63) is 17.3 Å². The van der Waals surface area contributed by atoms with Crippen molar-refractivity contribution in [2.24, 2.45) is 0 Å². The Bertz CT molecular complexity index is 632. The Labute approximate surface area is 129 Å². The number of aryl methyl sites for hydroxylation is 1. The lowest BCUT2D eigenvalue weighted by molar-refractivity contribution is 0.245. The van der Waals surface area contributed by atoms with E-state index in [0.29, 0.717) is 6.04 Å². The van der Waals surface area contributed by atoms with Gasteiger partial charge in [-0.1, -0.05) is 12.8 Å². The average molecular weight is 302 g/mol. The summed E-state index contributed by atoms with van der Waals surface area (Å²) in [5, 5.41) is 5.84. The third kappa shape index (κ3) is 2.53. The maximum Gasteiger partial charge on any atom is 0.147 e. The van der Waals surface area contributed by atoms with Crippen molar-refractivity contribution in [3.63, 3.8) is 0 Å². The monoisotopic (exact) mass is 302 g/mol. The molecule has 2 aromatic heterocycles. The Kier molecular flexibility index (Phi) is 3.55. The lowest BCUT2D eigenvalue weighted by atomic mass is 10.2. The van der Waals surface area contributed by atoms with E-state index in [1.54, 1.807) is 17.7 Å². The van der Waals surface area contributed by atoms with Gasteiger partial charge in [-0.3, -0.25) is 4.90 Å². The molecule has 4 rings (SSSR count). The van der Waals surface area contributed by atoms with Gasteiger partial charge in [-0.05, 0) is 37.1 Å². The maximum absolute atomic E-state index is 4.48. The average Bonchev–Trinajstić information content (AvgIpc) is 3.20. The summed E-state index contributed by atoms with van der Waals surface area (Å²) in [6.07, 6.45) is 8.55. The number of anilines is 1. The minimum absolute atomic E-state index is 0.533. The van der Waals surface area contributed by atoms with Crippen molar-refractivity contribution in [2.75, 3.05) is 18.4 Å². The molecule has 4 nitrogen and oxygen atoms in total. The van der Waals surface area contributed by atoms with Crippen molar-refractivity contribution in [3.8, 4) is 0 Å². The number of rotatable bonds is 3. The van der Waals surface area contributed by atoms with Crippen LogP contribution in [-0.4, -0.2) is 40.0 Å². The molecule has 2 aliphatic rings. The number of thiophene rings is 1. The second-order valence-corrected chi connectivity index (χ2v) is 7.26. The number of aromatic nitrogens is 2. The molecular weight excluding hydrogens is 280 g/mol. The Hall–Kier alpha value is -1.20.